The third kappa shape index (κ3) is 7.69. The van der Waals surface area contributed by atoms with Crippen LogP contribution in [0.4, 0.5) is 68.2 Å². The van der Waals surface area contributed by atoms with Crippen molar-refractivity contribution in [2.75, 3.05) is 36.2 Å². The van der Waals surface area contributed by atoms with Crippen molar-refractivity contribution in [3.63, 3.8) is 0 Å². The number of ether oxygens (including phenoxy) is 1. The molecule has 6 heterocycles. The third-order valence-corrected chi connectivity index (χ3v) is 30.9. The fourth-order valence-corrected chi connectivity index (χ4v) is 28.2. The van der Waals surface area contributed by atoms with E-state index in [1.165, 1.54) is 239 Å². The maximum absolute atomic E-state index is 7.95. The summed E-state index contributed by atoms with van der Waals surface area (Å²) in [6.45, 7) is -0.0384. The predicted octanol–water partition coefficient (Wildman–Crippen LogP) is 16.3. The largest absolute Gasteiger partial charge is 0.458 e. The number of fused-ring (bicyclic) bond motifs is 14. The number of anilines is 12. The molecule has 5 unspecified atom stereocenters. The molecule has 98 heavy (non-hydrogen) atoms. The molecule has 482 valence electrons. The smallest absolute Gasteiger partial charge is 0.256 e. The van der Waals surface area contributed by atoms with Crippen LogP contribution < -0.4 is 77.6 Å². The molecule has 0 saturated heterocycles. The van der Waals surface area contributed by atoms with Gasteiger partial charge in [-0.3, -0.25) is 8.61 Å². The summed E-state index contributed by atoms with van der Waals surface area (Å²) in [6.07, 6.45) is 29.7. The lowest BCUT2D eigenvalue weighted by molar-refractivity contribution is -0.00525. The van der Waals surface area contributed by atoms with Gasteiger partial charge >= 0.3 is 0 Å². The van der Waals surface area contributed by atoms with E-state index < -0.39 is 0 Å². The van der Waals surface area contributed by atoms with Crippen LogP contribution in [0, 0.1) is 59.2 Å². The molecule has 0 aromatic heterocycles. The van der Waals surface area contributed by atoms with Crippen molar-refractivity contribution in [2.24, 2.45) is 59.2 Å². The van der Waals surface area contributed by atoms with Gasteiger partial charge in [-0.05, 0) is 354 Å². The molecular formula is C87H82B3N5OS2. The zero-order chi connectivity index (χ0) is 63.8. The van der Waals surface area contributed by atoms with Gasteiger partial charge in [0.2, 0.25) is 0 Å². The molecule has 1 N–H and O–H groups in total. The van der Waals surface area contributed by atoms with Crippen LogP contribution in [0.1, 0.15) is 138 Å². The minimum Gasteiger partial charge on any atom is -0.458 e. The number of hydrogen-bond donors (Lipinski definition) is 1. The molecule has 0 spiro atoms. The van der Waals surface area contributed by atoms with Crippen LogP contribution in [-0.2, 0) is 10.8 Å². The Morgan fingerprint density at radius 2 is 0.878 bits per heavy atom. The van der Waals surface area contributed by atoms with E-state index in [1.54, 1.807) is 11.1 Å². The van der Waals surface area contributed by atoms with E-state index in [-0.39, 0.29) is 31.0 Å². The summed E-state index contributed by atoms with van der Waals surface area (Å²) in [7, 11) is 0. The Morgan fingerprint density at radius 1 is 0.378 bits per heavy atom. The van der Waals surface area contributed by atoms with Gasteiger partial charge in [0.1, 0.15) is 11.5 Å². The van der Waals surface area contributed by atoms with Crippen LogP contribution >= 0.6 is 23.9 Å². The normalized spacial score (nSPS) is 30.7. The molecule has 11 fully saturated rings. The highest BCUT2D eigenvalue weighted by molar-refractivity contribution is 8.00. The molecule has 11 heteroatoms. The summed E-state index contributed by atoms with van der Waals surface area (Å²) >= 11 is 3.78. The SMILES string of the molecule is CSN1c2cc3c(cc2B2c4cc5c(cc4Oc4cc(C6CC7CC8CCC6C(C8)C7)cc1c42)N(SC)c1cc(C24CC6CC(CC(C6)C2)C4)cc2c1B5c1ccccc1N2c1ccccc1)B1c2ccccc2N(c2ccccc2)c2cc(C45CC6CC(CC(C6)C4)C5)cc(c21)N3. The van der Waals surface area contributed by atoms with Crippen molar-refractivity contribution in [3.8, 4) is 11.5 Å². The van der Waals surface area contributed by atoms with E-state index in [0.29, 0.717) is 5.92 Å². The van der Waals surface area contributed by atoms with Gasteiger partial charge in [0.25, 0.3) is 20.1 Å². The Hall–Kier alpha value is -7.33. The average Bonchev–Trinajstić information content (AvgIpc) is 0.690. The summed E-state index contributed by atoms with van der Waals surface area (Å²) in [5.74, 6) is 11.1. The van der Waals surface area contributed by atoms with Gasteiger partial charge in [-0.1, -0.05) is 91.3 Å². The molecule has 17 aliphatic rings. The number of nitrogens with zero attached hydrogens (tertiary/aromatic N) is 4. The minimum absolute atomic E-state index is 0.0115. The molecule has 6 nitrogen and oxygen atoms in total. The maximum atomic E-state index is 7.95. The van der Waals surface area contributed by atoms with Crippen molar-refractivity contribution in [1.82, 2.24) is 0 Å². The van der Waals surface area contributed by atoms with Gasteiger partial charge in [0.05, 0.1) is 17.1 Å². The summed E-state index contributed by atoms with van der Waals surface area (Å²) in [5.41, 5.74) is 33.1. The van der Waals surface area contributed by atoms with E-state index in [1.807, 2.05) is 23.9 Å². The molecule has 0 radical (unpaired) electrons. The van der Waals surface area contributed by atoms with Crippen molar-refractivity contribution in [2.45, 2.75) is 132 Å². The molecule has 0 amide bonds. The minimum atomic E-state index is -0.0753. The van der Waals surface area contributed by atoms with E-state index in [9.17, 15) is 0 Å². The predicted molar refractivity (Wildman–Crippen MR) is 414 cm³/mol. The number of nitrogens with one attached hydrogen (secondary N) is 1. The fourth-order valence-electron chi connectivity index (χ4n) is 26.8. The molecule has 5 atom stereocenters. The topological polar surface area (TPSA) is 34.2 Å². The van der Waals surface area contributed by atoms with Gasteiger partial charge < -0.3 is 19.9 Å². The van der Waals surface area contributed by atoms with Gasteiger partial charge in [0, 0.05) is 69.8 Å². The van der Waals surface area contributed by atoms with Gasteiger partial charge in [-0.25, -0.2) is 0 Å². The van der Waals surface area contributed by atoms with Crippen LogP contribution in [0.3, 0.4) is 0 Å². The first-order valence-electron chi connectivity index (χ1n) is 38.2. The zero-order valence-electron chi connectivity index (χ0n) is 56.5. The molecule has 11 aliphatic carbocycles. The second-order valence-electron chi connectivity index (χ2n) is 34.4. The lowest BCUT2D eigenvalue weighted by Gasteiger charge is -2.57. The number of para-hydroxylation sites is 4. The van der Waals surface area contributed by atoms with Crippen LogP contribution in [0.2, 0.25) is 0 Å². The van der Waals surface area contributed by atoms with E-state index in [4.69, 9.17) is 4.74 Å². The quantitative estimate of drug-likeness (QED) is 0.125. The monoisotopic (exact) mass is 1310 g/mol. The standard InChI is InChI=1S/C87H82B3N5OS2/c1-97-94-75-41-71-67(88-65-17-9-11-19-73(65)92(61-13-5-3-6-14-61)77-36-59(35-72(91-71)83(77)88)86-43-51-24-52(44-86)26-53(25-51)45-86)39-68(75)90-70-40-69-76(42-81(70)96-82-34-58(33-79(94)85(82)90)64-32-50-23-49-21-22-63(64)57(30-49)31-50)95(98-2)80-38-60(87-46-54-27-55(47-87)29-56(28-54)48-87)37-78-84(80)89(69)66-18-10-12-20-74(66)93(78)62-15-7-4-8-16-62/h3-20,33-42,49-57,63-64,91H,21-32,43-48H2,1-2H3. The molecule has 11 saturated carbocycles. The van der Waals surface area contributed by atoms with E-state index in [0.717, 1.165) is 70.7 Å². The highest BCUT2D eigenvalue weighted by Crippen LogP contribution is 2.65. The molecule has 26 rings (SSSR count). The fraction of sp³-hybridized carbons (Fsp3) is 0.379. The second kappa shape index (κ2) is 20.2. The Morgan fingerprint density at radius 3 is 1.49 bits per heavy atom. The molecular weight excluding hydrogens is 1230 g/mol. The summed E-state index contributed by atoms with van der Waals surface area (Å²) in [5, 5.41) is 4.41. The van der Waals surface area contributed by atoms with Gasteiger partial charge in [-0.15, -0.1) is 0 Å². The van der Waals surface area contributed by atoms with Crippen LogP contribution in [-0.4, -0.2) is 32.6 Å². The van der Waals surface area contributed by atoms with E-state index in [2.05, 4.69) is 206 Å². The zero-order valence-corrected chi connectivity index (χ0v) is 58.1. The molecule has 9 aromatic carbocycles. The second-order valence-corrected chi connectivity index (χ2v) is 35.9. The molecule has 11 bridgehead atoms. The Labute approximate surface area is 588 Å². The summed E-state index contributed by atoms with van der Waals surface area (Å²) < 4.78 is 13.3. The van der Waals surface area contributed by atoms with Gasteiger partial charge in [0.15, 0.2) is 0 Å². The van der Waals surface area contributed by atoms with Gasteiger partial charge in [-0.2, -0.15) is 0 Å². The Balaban J connectivity index is 0.733. The summed E-state index contributed by atoms with van der Waals surface area (Å²) in [4.78, 5) is 5.30. The van der Waals surface area contributed by atoms with Crippen LogP contribution in [0.15, 0.2) is 170 Å². The molecule has 6 aliphatic heterocycles. The first-order valence-corrected chi connectivity index (χ1v) is 40.5. The first-order chi connectivity index (χ1) is 48.3. The first kappa shape index (κ1) is 56.4. The number of rotatable bonds is 7. The number of benzene rings is 9. The Kier molecular flexibility index (Phi) is 11.7. The maximum Gasteiger partial charge on any atom is 0.256 e. The highest BCUT2D eigenvalue weighted by atomic mass is 32.2. The summed E-state index contributed by atoms with van der Waals surface area (Å²) in [6, 6.07) is 68.5. The van der Waals surface area contributed by atoms with Crippen molar-refractivity contribution in [1.29, 1.82) is 0 Å². The number of hydrogen-bond acceptors (Lipinski definition) is 8. The van der Waals surface area contributed by atoms with Crippen molar-refractivity contribution in [3.05, 3.63) is 187 Å². The lowest BCUT2D eigenvalue weighted by atomic mass is 9.29. The lowest BCUT2D eigenvalue weighted by Crippen LogP contribution is -2.65. The van der Waals surface area contributed by atoms with Crippen molar-refractivity contribution >= 4 is 161 Å². The van der Waals surface area contributed by atoms with Crippen LogP contribution in [0.5, 0.6) is 11.5 Å². The van der Waals surface area contributed by atoms with Crippen molar-refractivity contribution < 1.29 is 4.74 Å². The van der Waals surface area contributed by atoms with Crippen LogP contribution in [0.25, 0.3) is 0 Å². The van der Waals surface area contributed by atoms with E-state index >= 15 is 0 Å². The Bertz CT molecular complexity index is 4880. The average molecular weight is 1310 g/mol. The highest BCUT2D eigenvalue weighted by Gasteiger charge is 2.57. The third-order valence-electron chi connectivity index (χ3n) is 29.4. The molecule has 9 aromatic rings.